The van der Waals surface area contributed by atoms with Crippen LogP contribution in [0.3, 0.4) is 0 Å². The SMILES string of the molecule is CC1=C(C)C(=Nc2c(C)c(C)c(-c3c(C)c(C)c(N=C4C(C)=C(C)C(=O)C(C)=C4C)c(C)c3C)c(C)c2C)C(C)=C(C)C1=O. The fourth-order valence-corrected chi connectivity index (χ4v) is 6.75. The van der Waals surface area contributed by atoms with Gasteiger partial charge in [0.25, 0.3) is 0 Å². The van der Waals surface area contributed by atoms with Gasteiger partial charge in [-0.2, -0.15) is 0 Å². The number of ketones is 2. The number of carbonyl (C=O) groups excluding carboxylic acids is 2. The Balaban J connectivity index is 1.98. The van der Waals surface area contributed by atoms with E-state index in [-0.39, 0.29) is 11.6 Å². The van der Waals surface area contributed by atoms with Gasteiger partial charge < -0.3 is 0 Å². The first-order chi connectivity index (χ1) is 20.4. The molecule has 0 bridgehead atoms. The third-order valence-corrected chi connectivity index (χ3v) is 10.9. The highest BCUT2D eigenvalue weighted by molar-refractivity contribution is 6.27. The maximum atomic E-state index is 12.7. The van der Waals surface area contributed by atoms with Crippen LogP contribution in [-0.4, -0.2) is 23.0 Å². The van der Waals surface area contributed by atoms with Crippen LogP contribution in [-0.2, 0) is 9.59 Å². The topological polar surface area (TPSA) is 58.9 Å². The second-order valence-electron chi connectivity index (χ2n) is 13.0. The van der Waals surface area contributed by atoms with E-state index in [0.29, 0.717) is 0 Å². The van der Waals surface area contributed by atoms with Crippen LogP contribution >= 0.6 is 0 Å². The van der Waals surface area contributed by atoms with Gasteiger partial charge in [-0.3, -0.25) is 9.59 Å². The average molecular weight is 589 g/mol. The van der Waals surface area contributed by atoms with Crippen LogP contribution in [0, 0.1) is 55.4 Å². The van der Waals surface area contributed by atoms with Gasteiger partial charge in [0.2, 0.25) is 0 Å². The minimum absolute atomic E-state index is 0.111. The number of rotatable bonds is 3. The molecule has 230 valence electrons. The van der Waals surface area contributed by atoms with Crippen LogP contribution in [0.1, 0.15) is 99.9 Å². The van der Waals surface area contributed by atoms with Gasteiger partial charge in [0.05, 0.1) is 22.8 Å². The Morgan fingerprint density at radius 2 is 0.500 bits per heavy atom. The predicted molar refractivity (Wildman–Crippen MR) is 187 cm³/mol. The summed E-state index contributed by atoms with van der Waals surface area (Å²) in [6.07, 6.45) is 0. The molecule has 0 atom stereocenters. The molecule has 0 amide bonds. The van der Waals surface area contributed by atoms with E-state index in [1.165, 1.54) is 33.4 Å². The summed E-state index contributed by atoms with van der Waals surface area (Å²) in [6, 6.07) is 0. The van der Waals surface area contributed by atoms with E-state index >= 15 is 0 Å². The Kier molecular flexibility index (Phi) is 8.65. The second kappa shape index (κ2) is 11.5. The van der Waals surface area contributed by atoms with Gasteiger partial charge >= 0.3 is 0 Å². The minimum Gasteiger partial charge on any atom is -0.289 e. The maximum Gasteiger partial charge on any atom is 0.185 e. The second-order valence-corrected chi connectivity index (χ2v) is 13.0. The lowest BCUT2D eigenvalue weighted by Crippen LogP contribution is -2.19. The van der Waals surface area contributed by atoms with Gasteiger partial charge in [-0.25, -0.2) is 9.98 Å². The predicted octanol–water partition coefficient (Wildman–Crippen LogP) is 10.5. The van der Waals surface area contributed by atoms with Crippen molar-refractivity contribution in [3.63, 3.8) is 0 Å². The van der Waals surface area contributed by atoms with E-state index in [9.17, 15) is 9.59 Å². The van der Waals surface area contributed by atoms with Crippen LogP contribution in [0.25, 0.3) is 11.1 Å². The molecule has 0 unspecified atom stereocenters. The summed E-state index contributed by atoms with van der Waals surface area (Å²) >= 11 is 0. The quantitative estimate of drug-likeness (QED) is 0.335. The number of carbonyl (C=O) groups is 2. The molecule has 2 aliphatic rings. The fraction of sp³-hybridized carbons (Fsp3) is 0.400. The number of hydrogen-bond donors (Lipinski definition) is 0. The van der Waals surface area contributed by atoms with Gasteiger partial charge in [-0.05, 0) is 189 Å². The summed E-state index contributed by atoms with van der Waals surface area (Å²) in [5, 5.41) is 0. The first-order valence-corrected chi connectivity index (χ1v) is 15.6. The Bertz CT molecular complexity index is 1650. The number of benzene rings is 2. The molecule has 0 heterocycles. The number of nitrogens with zero attached hydrogens (tertiary/aromatic N) is 2. The zero-order valence-corrected chi connectivity index (χ0v) is 29.7. The molecule has 0 N–H and O–H groups in total. The maximum absolute atomic E-state index is 12.7. The number of hydrogen-bond acceptors (Lipinski definition) is 4. The van der Waals surface area contributed by atoms with E-state index in [1.54, 1.807) is 0 Å². The summed E-state index contributed by atoms with van der Waals surface area (Å²) in [4.78, 5) is 36.0. The van der Waals surface area contributed by atoms with Crippen molar-refractivity contribution in [3.8, 4) is 11.1 Å². The summed E-state index contributed by atoms with van der Waals surface area (Å²) in [5.74, 6) is 0.222. The average Bonchev–Trinajstić information content (AvgIpc) is 2.99. The smallest absolute Gasteiger partial charge is 0.185 e. The Hall–Kier alpha value is -3.92. The molecular formula is C40H48N2O2. The summed E-state index contributed by atoms with van der Waals surface area (Å²) in [5.41, 5.74) is 22.7. The molecule has 2 aromatic rings. The molecule has 2 aromatic carbocycles. The van der Waals surface area contributed by atoms with Crippen LogP contribution in [0.5, 0.6) is 0 Å². The summed E-state index contributed by atoms with van der Waals surface area (Å²) in [6.45, 7) is 33.1. The molecule has 0 radical (unpaired) electrons. The lowest BCUT2D eigenvalue weighted by Gasteiger charge is -2.26. The molecule has 44 heavy (non-hydrogen) atoms. The highest BCUT2D eigenvalue weighted by Gasteiger charge is 2.28. The normalized spacial score (nSPS) is 16.3. The molecule has 0 saturated carbocycles. The lowest BCUT2D eigenvalue weighted by molar-refractivity contribution is -0.113. The van der Waals surface area contributed by atoms with Crippen molar-refractivity contribution >= 4 is 34.4 Å². The number of allylic oxidation sites excluding steroid dienone is 8. The zero-order chi connectivity index (χ0) is 33.3. The van der Waals surface area contributed by atoms with Crippen molar-refractivity contribution in [2.24, 2.45) is 9.98 Å². The van der Waals surface area contributed by atoms with Crippen molar-refractivity contribution in [2.75, 3.05) is 0 Å². The van der Waals surface area contributed by atoms with Gasteiger partial charge in [-0.15, -0.1) is 0 Å². The standard InChI is InChI=1S/C40H48N2O2/c1-17-21(5)35(41-37-25(9)29(13)39(43)30(14)26(37)10)22(6)18(2)33(17)34-19(3)23(7)36(24(8)20(34)4)42-38-27(11)31(15)40(44)32(16)28(38)12/h1-16H3. The highest BCUT2D eigenvalue weighted by Crippen LogP contribution is 2.45. The third kappa shape index (κ3) is 4.83. The molecule has 4 nitrogen and oxygen atoms in total. The van der Waals surface area contributed by atoms with Crippen molar-refractivity contribution in [1.29, 1.82) is 0 Å². The molecular weight excluding hydrogens is 540 g/mol. The molecule has 0 spiro atoms. The largest absolute Gasteiger partial charge is 0.289 e. The highest BCUT2D eigenvalue weighted by atomic mass is 16.1. The van der Waals surface area contributed by atoms with Crippen LogP contribution in [0.2, 0.25) is 0 Å². The van der Waals surface area contributed by atoms with Gasteiger partial charge in [0.15, 0.2) is 11.6 Å². The molecule has 4 heteroatoms. The molecule has 0 aliphatic heterocycles. The monoisotopic (exact) mass is 588 g/mol. The molecule has 2 aliphatic carbocycles. The first kappa shape index (κ1) is 33.0. The molecule has 0 aromatic heterocycles. The third-order valence-electron chi connectivity index (χ3n) is 10.9. The number of aliphatic imine (C=N–C) groups is 2. The van der Waals surface area contributed by atoms with Crippen LogP contribution < -0.4 is 0 Å². The Morgan fingerprint density at radius 3 is 0.705 bits per heavy atom. The van der Waals surface area contributed by atoms with Crippen LogP contribution in [0.4, 0.5) is 11.4 Å². The van der Waals surface area contributed by atoms with E-state index in [2.05, 4.69) is 55.4 Å². The van der Waals surface area contributed by atoms with E-state index < -0.39 is 0 Å². The number of Topliss-reactive ketones (excluding diaryl/α,β-unsaturated/α-hetero) is 2. The summed E-state index contributed by atoms with van der Waals surface area (Å²) in [7, 11) is 0. The Labute approximate surface area is 264 Å². The minimum atomic E-state index is 0.111. The van der Waals surface area contributed by atoms with Crippen molar-refractivity contribution < 1.29 is 9.59 Å². The van der Waals surface area contributed by atoms with E-state index in [1.807, 2.05) is 55.4 Å². The van der Waals surface area contributed by atoms with E-state index in [4.69, 9.17) is 9.98 Å². The fourth-order valence-electron chi connectivity index (χ4n) is 6.75. The van der Waals surface area contributed by atoms with Crippen molar-refractivity contribution in [1.82, 2.24) is 0 Å². The van der Waals surface area contributed by atoms with Gasteiger partial charge in [0.1, 0.15) is 0 Å². The molecule has 0 saturated heterocycles. The molecule has 4 rings (SSSR count). The van der Waals surface area contributed by atoms with Gasteiger partial charge in [0, 0.05) is 22.3 Å². The zero-order valence-electron chi connectivity index (χ0n) is 29.7. The Morgan fingerprint density at radius 1 is 0.295 bits per heavy atom. The summed E-state index contributed by atoms with van der Waals surface area (Å²) < 4.78 is 0. The van der Waals surface area contributed by atoms with Gasteiger partial charge in [-0.1, -0.05) is 0 Å². The van der Waals surface area contributed by atoms with E-state index in [0.717, 1.165) is 89.6 Å². The first-order valence-electron chi connectivity index (χ1n) is 15.6. The van der Waals surface area contributed by atoms with Crippen molar-refractivity contribution in [3.05, 3.63) is 89.1 Å². The van der Waals surface area contributed by atoms with Crippen molar-refractivity contribution in [2.45, 2.75) is 111 Å². The molecule has 0 fully saturated rings. The lowest BCUT2D eigenvalue weighted by atomic mass is 9.81. The van der Waals surface area contributed by atoms with Crippen LogP contribution in [0.15, 0.2) is 54.6 Å².